The van der Waals surface area contributed by atoms with Crippen LogP contribution in [0.15, 0.2) is 60.7 Å². The van der Waals surface area contributed by atoms with Crippen molar-refractivity contribution in [2.45, 2.75) is 39.7 Å². The minimum atomic E-state index is -1.06. The summed E-state index contributed by atoms with van der Waals surface area (Å²) in [5.74, 6) is -1.20. The lowest BCUT2D eigenvalue weighted by molar-refractivity contribution is -0.138. The quantitative estimate of drug-likeness (QED) is 0.106. The third-order valence-corrected chi connectivity index (χ3v) is 7.55. The van der Waals surface area contributed by atoms with Crippen LogP contribution in [-0.2, 0) is 22.6 Å². The molecule has 230 valence electrons. The van der Waals surface area contributed by atoms with Gasteiger partial charge < -0.3 is 24.3 Å². The van der Waals surface area contributed by atoms with E-state index in [1.165, 1.54) is 6.07 Å². The molecule has 3 aromatic carbocycles. The smallest absolute Gasteiger partial charge is 0.323 e. The monoisotopic (exact) mass is 639 g/mol. The van der Waals surface area contributed by atoms with Gasteiger partial charge in [0.05, 0.1) is 10.5 Å². The van der Waals surface area contributed by atoms with E-state index in [-0.39, 0.29) is 13.0 Å². The van der Waals surface area contributed by atoms with Crippen molar-refractivity contribution in [2.75, 3.05) is 13.2 Å². The molecule has 0 saturated carbocycles. The topological polar surface area (TPSA) is 98.0 Å². The summed E-state index contributed by atoms with van der Waals surface area (Å²) < 4.78 is 28.2. The third kappa shape index (κ3) is 8.21. The molecule has 0 amide bonds. The molecule has 4 rings (SSSR count). The number of aromatic nitrogens is 1. The number of halogens is 3. The van der Waals surface area contributed by atoms with Crippen LogP contribution in [0.4, 0.5) is 4.39 Å². The lowest BCUT2D eigenvalue weighted by Crippen LogP contribution is -2.10. The zero-order chi connectivity index (χ0) is 31.8. The Morgan fingerprint density at radius 1 is 0.932 bits per heavy atom. The molecule has 0 spiro atoms. The van der Waals surface area contributed by atoms with Gasteiger partial charge in [0.2, 0.25) is 0 Å². The van der Waals surface area contributed by atoms with Crippen molar-refractivity contribution >= 4 is 58.2 Å². The summed E-state index contributed by atoms with van der Waals surface area (Å²) in [6.07, 6.45) is 7.93. The first-order chi connectivity index (χ1) is 21.0. The summed E-state index contributed by atoms with van der Waals surface area (Å²) in [4.78, 5) is 22.7. The highest BCUT2D eigenvalue weighted by molar-refractivity contribution is 6.35. The van der Waals surface area contributed by atoms with Gasteiger partial charge in [0.1, 0.15) is 37.1 Å². The van der Waals surface area contributed by atoms with Gasteiger partial charge in [-0.1, -0.05) is 47.5 Å². The molecule has 0 saturated heterocycles. The standard InChI is InChI=1S/C34H32Cl2FNO6/c1-21-18-25(35)19-28(36)34(21)44-17-4-3-16-43-26-13-9-23(10-14-26)8-11-24-12-15-29(37)32-27(6-5-7-30(39)40)22(2)38(33(24)32)20-31(41)42/h3-4,8-15,18-19H,5-7,16-17,20H2,1-2H3,(H,39,40)(H,41,42). The maximum atomic E-state index is 15.1. The minimum Gasteiger partial charge on any atom is -0.490 e. The van der Waals surface area contributed by atoms with E-state index in [1.807, 2.05) is 55.5 Å². The molecule has 2 N–H and O–H groups in total. The normalized spacial score (nSPS) is 11.6. The Morgan fingerprint density at radius 2 is 1.64 bits per heavy atom. The summed E-state index contributed by atoms with van der Waals surface area (Å²) in [6, 6.07) is 13.8. The average molecular weight is 641 g/mol. The summed E-state index contributed by atoms with van der Waals surface area (Å²) in [7, 11) is 0. The molecule has 0 aliphatic heterocycles. The number of hydrogen-bond acceptors (Lipinski definition) is 4. The van der Waals surface area contributed by atoms with E-state index in [0.717, 1.165) is 11.1 Å². The molecule has 0 bridgehead atoms. The Labute approximate surface area is 264 Å². The van der Waals surface area contributed by atoms with Gasteiger partial charge in [0, 0.05) is 22.5 Å². The van der Waals surface area contributed by atoms with E-state index in [9.17, 15) is 14.7 Å². The molecule has 4 aromatic rings. The maximum Gasteiger partial charge on any atom is 0.323 e. The van der Waals surface area contributed by atoms with Gasteiger partial charge in [-0.3, -0.25) is 9.59 Å². The number of rotatable bonds is 14. The second-order valence-electron chi connectivity index (χ2n) is 10.2. The number of fused-ring (bicyclic) bond motifs is 1. The summed E-state index contributed by atoms with van der Waals surface area (Å²) in [5.41, 5.74) is 4.07. The van der Waals surface area contributed by atoms with Gasteiger partial charge in [0.15, 0.2) is 0 Å². The van der Waals surface area contributed by atoms with Crippen molar-refractivity contribution in [1.82, 2.24) is 4.57 Å². The molecule has 0 unspecified atom stereocenters. The summed E-state index contributed by atoms with van der Waals surface area (Å²) in [6.45, 7) is 3.94. The molecule has 0 aliphatic carbocycles. The minimum absolute atomic E-state index is 0.0595. The molecule has 10 heteroatoms. The van der Waals surface area contributed by atoms with Crippen molar-refractivity contribution in [3.63, 3.8) is 0 Å². The third-order valence-electron chi connectivity index (χ3n) is 7.05. The molecular formula is C34H32Cl2FNO6. The highest BCUT2D eigenvalue weighted by Gasteiger charge is 2.21. The first kappa shape index (κ1) is 32.6. The van der Waals surface area contributed by atoms with Gasteiger partial charge >= 0.3 is 11.9 Å². The molecule has 44 heavy (non-hydrogen) atoms. The van der Waals surface area contributed by atoms with E-state index in [1.54, 1.807) is 29.7 Å². The van der Waals surface area contributed by atoms with Crippen LogP contribution < -0.4 is 9.47 Å². The van der Waals surface area contributed by atoms with E-state index in [4.69, 9.17) is 37.8 Å². The van der Waals surface area contributed by atoms with Crippen molar-refractivity contribution in [3.8, 4) is 11.5 Å². The first-order valence-electron chi connectivity index (χ1n) is 13.9. The van der Waals surface area contributed by atoms with Crippen LogP contribution in [0.5, 0.6) is 11.5 Å². The SMILES string of the molecule is Cc1cc(Cl)cc(Cl)c1OCC=CCOc1ccc(C=Cc2ccc(F)c3c(CCCC(=O)O)c(C)n(CC(=O)O)c23)cc1. The van der Waals surface area contributed by atoms with Gasteiger partial charge in [-0.25, -0.2) is 4.39 Å². The van der Waals surface area contributed by atoms with Gasteiger partial charge in [-0.05, 0) is 97.5 Å². The second kappa shape index (κ2) is 14.9. The Kier molecular flexibility index (Phi) is 11.1. The number of benzene rings is 3. The fourth-order valence-corrected chi connectivity index (χ4v) is 5.66. The van der Waals surface area contributed by atoms with Crippen LogP contribution >= 0.6 is 23.2 Å². The Morgan fingerprint density at radius 3 is 2.30 bits per heavy atom. The molecule has 0 aliphatic rings. The molecule has 1 heterocycles. The lowest BCUT2D eigenvalue weighted by Gasteiger charge is -2.09. The highest BCUT2D eigenvalue weighted by atomic mass is 35.5. The van der Waals surface area contributed by atoms with Crippen molar-refractivity contribution in [1.29, 1.82) is 0 Å². The predicted octanol–water partition coefficient (Wildman–Crippen LogP) is 8.38. The number of ether oxygens (including phenoxy) is 2. The number of carboxylic acid groups (broad SMARTS) is 2. The first-order valence-corrected chi connectivity index (χ1v) is 14.7. The number of hydrogen-bond donors (Lipinski definition) is 2. The van der Waals surface area contributed by atoms with E-state index >= 15 is 4.39 Å². The lowest BCUT2D eigenvalue weighted by atomic mass is 10.0. The molecular weight excluding hydrogens is 608 g/mol. The van der Waals surface area contributed by atoms with Crippen molar-refractivity contribution in [3.05, 3.63) is 104 Å². The van der Waals surface area contributed by atoms with Crippen LogP contribution in [0.1, 0.15) is 40.8 Å². The van der Waals surface area contributed by atoms with Crippen molar-refractivity contribution < 1.29 is 33.7 Å². The zero-order valence-electron chi connectivity index (χ0n) is 24.3. The van der Waals surface area contributed by atoms with Crippen LogP contribution in [0, 0.1) is 19.7 Å². The predicted molar refractivity (Wildman–Crippen MR) is 172 cm³/mol. The summed E-state index contributed by atoms with van der Waals surface area (Å²) in [5, 5.41) is 19.9. The molecule has 0 radical (unpaired) electrons. The van der Waals surface area contributed by atoms with Crippen LogP contribution in [-0.4, -0.2) is 39.9 Å². The van der Waals surface area contributed by atoms with E-state index in [0.29, 0.717) is 75.3 Å². The number of carboxylic acids is 2. The number of aliphatic carboxylic acids is 2. The van der Waals surface area contributed by atoms with Gasteiger partial charge in [-0.2, -0.15) is 0 Å². The fraction of sp³-hybridized carbons (Fsp3) is 0.235. The maximum absolute atomic E-state index is 15.1. The van der Waals surface area contributed by atoms with Crippen molar-refractivity contribution in [2.24, 2.45) is 0 Å². The Hall–Kier alpha value is -4.27. The van der Waals surface area contributed by atoms with Crippen LogP contribution in [0.25, 0.3) is 23.1 Å². The second-order valence-corrected chi connectivity index (χ2v) is 11.0. The highest BCUT2D eigenvalue weighted by Crippen LogP contribution is 2.34. The molecule has 0 fully saturated rings. The van der Waals surface area contributed by atoms with Gasteiger partial charge in [0.25, 0.3) is 0 Å². The van der Waals surface area contributed by atoms with E-state index < -0.39 is 17.8 Å². The number of carbonyl (C=O) groups is 2. The summed E-state index contributed by atoms with van der Waals surface area (Å²) >= 11 is 12.2. The van der Waals surface area contributed by atoms with Crippen LogP contribution in [0.2, 0.25) is 10.0 Å². The largest absolute Gasteiger partial charge is 0.490 e. The van der Waals surface area contributed by atoms with Gasteiger partial charge in [-0.15, -0.1) is 0 Å². The van der Waals surface area contributed by atoms with E-state index in [2.05, 4.69) is 0 Å². The number of aryl methyl sites for hydroxylation is 2. The molecule has 0 atom stereocenters. The molecule has 7 nitrogen and oxygen atoms in total. The number of nitrogens with zero attached hydrogens (tertiary/aromatic N) is 1. The zero-order valence-corrected chi connectivity index (χ0v) is 25.8. The Bertz CT molecular complexity index is 1700. The van der Waals surface area contributed by atoms with Crippen LogP contribution in [0.3, 0.4) is 0 Å². The Balaban J connectivity index is 1.43. The average Bonchev–Trinajstić information content (AvgIpc) is 3.23. The molecule has 1 aromatic heterocycles. The fourth-order valence-electron chi connectivity index (χ4n) is 5.01.